The number of carbonyl (C=O) groups excluding carboxylic acids is 1. The van der Waals surface area contributed by atoms with Crippen LogP contribution >= 0.6 is 0 Å². The molecule has 1 fully saturated rings. The second kappa shape index (κ2) is 9.84. The molecular weight excluding hydrogens is 501 g/mol. The molecule has 1 amide bonds. The Morgan fingerprint density at radius 2 is 2.03 bits per heavy atom. The number of hydrogen-bond acceptors (Lipinski definition) is 7. The van der Waals surface area contributed by atoms with E-state index in [1.165, 1.54) is 28.9 Å². The minimum atomic E-state index is -1.20. The van der Waals surface area contributed by atoms with Crippen molar-refractivity contribution >= 4 is 39.6 Å². The van der Waals surface area contributed by atoms with Crippen LogP contribution < -0.4 is 10.2 Å². The van der Waals surface area contributed by atoms with E-state index in [2.05, 4.69) is 25.6 Å². The van der Waals surface area contributed by atoms with Crippen LogP contribution in [0.2, 0.25) is 0 Å². The quantitative estimate of drug-likeness (QED) is 0.354. The van der Waals surface area contributed by atoms with Crippen LogP contribution in [0.3, 0.4) is 0 Å². The summed E-state index contributed by atoms with van der Waals surface area (Å²) in [5.41, 5.74) is 1.45. The SMILES string of the molecule is Cc1cccc2ccnc(N(C(=O)c3ccc(-n4nnc5ccc(C(=O)O)nc54)cc3F)[C@@H]3CCCNC3)c12. The zero-order valence-corrected chi connectivity index (χ0v) is 21.0. The predicted molar refractivity (Wildman–Crippen MR) is 143 cm³/mol. The molecule has 1 aliphatic rings. The normalized spacial score (nSPS) is 15.5. The van der Waals surface area contributed by atoms with E-state index in [4.69, 9.17) is 0 Å². The summed E-state index contributed by atoms with van der Waals surface area (Å²) in [6, 6.07) is 14.5. The minimum absolute atomic E-state index is 0.111. The summed E-state index contributed by atoms with van der Waals surface area (Å²) in [6.07, 6.45) is 3.30. The van der Waals surface area contributed by atoms with Gasteiger partial charge in [0, 0.05) is 24.2 Å². The lowest BCUT2D eigenvalue weighted by Gasteiger charge is -2.35. The average molecular weight is 526 g/mol. The summed E-state index contributed by atoms with van der Waals surface area (Å²) in [5, 5.41) is 22.4. The lowest BCUT2D eigenvalue weighted by atomic mass is 10.0. The summed E-state index contributed by atoms with van der Waals surface area (Å²) in [4.78, 5) is 35.8. The number of hydrogen-bond donors (Lipinski definition) is 2. The first-order valence-corrected chi connectivity index (χ1v) is 12.6. The fraction of sp³-hybridized carbons (Fsp3) is 0.214. The molecule has 2 N–H and O–H groups in total. The van der Waals surface area contributed by atoms with E-state index in [0.717, 1.165) is 35.7 Å². The molecule has 39 heavy (non-hydrogen) atoms. The molecule has 0 spiro atoms. The van der Waals surface area contributed by atoms with E-state index >= 15 is 4.39 Å². The van der Waals surface area contributed by atoms with Crippen LogP contribution in [0.1, 0.15) is 39.3 Å². The molecule has 4 heterocycles. The van der Waals surface area contributed by atoms with Crippen molar-refractivity contribution in [2.75, 3.05) is 18.0 Å². The van der Waals surface area contributed by atoms with Gasteiger partial charge in [0.1, 0.15) is 17.2 Å². The van der Waals surface area contributed by atoms with Crippen LogP contribution in [0.5, 0.6) is 0 Å². The van der Waals surface area contributed by atoms with Crippen molar-refractivity contribution in [2.24, 2.45) is 0 Å². The summed E-state index contributed by atoms with van der Waals surface area (Å²) < 4.78 is 16.9. The van der Waals surface area contributed by atoms with Gasteiger partial charge >= 0.3 is 5.97 Å². The molecule has 196 valence electrons. The van der Waals surface area contributed by atoms with Crippen molar-refractivity contribution < 1.29 is 19.1 Å². The maximum Gasteiger partial charge on any atom is 0.354 e. The van der Waals surface area contributed by atoms with Crippen LogP contribution in [0.15, 0.2) is 60.8 Å². The van der Waals surface area contributed by atoms with Gasteiger partial charge < -0.3 is 10.4 Å². The molecule has 1 atom stereocenters. The third kappa shape index (κ3) is 4.36. The van der Waals surface area contributed by atoms with E-state index < -0.39 is 17.7 Å². The van der Waals surface area contributed by atoms with Gasteiger partial charge in [-0.25, -0.2) is 19.2 Å². The molecule has 2 aromatic carbocycles. The number of aryl methyl sites for hydroxylation is 1. The third-order valence-electron chi connectivity index (χ3n) is 7.01. The molecule has 11 heteroatoms. The Bertz CT molecular complexity index is 1740. The zero-order chi connectivity index (χ0) is 27.1. The lowest BCUT2D eigenvalue weighted by Crippen LogP contribution is -2.49. The van der Waals surface area contributed by atoms with Gasteiger partial charge in [-0.3, -0.25) is 9.69 Å². The molecule has 0 bridgehead atoms. The number of pyridine rings is 2. The molecule has 5 aromatic rings. The number of rotatable bonds is 5. The summed E-state index contributed by atoms with van der Waals surface area (Å²) in [6.45, 7) is 3.39. The van der Waals surface area contributed by atoms with Crippen LogP contribution in [-0.2, 0) is 0 Å². The van der Waals surface area contributed by atoms with Crippen molar-refractivity contribution in [3.8, 4) is 5.69 Å². The van der Waals surface area contributed by atoms with E-state index in [1.807, 2.05) is 31.2 Å². The van der Waals surface area contributed by atoms with Gasteiger partial charge in [0.2, 0.25) is 0 Å². The Labute approximate surface area is 222 Å². The molecular formula is C28H24FN7O3. The molecule has 0 saturated carbocycles. The number of aromatic nitrogens is 5. The Hall–Kier alpha value is -4.77. The largest absolute Gasteiger partial charge is 0.477 e. The van der Waals surface area contributed by atoms with Gasteiger partial charge in [-0.1, -0.05) is 23.4 Å². The number of carboxylic acids is 1. The number of nitrogens with one attached hydrogen (secondary N) is 1. The second-order valence-electron chi connectivity index (χ2n) is 9.49. The smallest absolute Gasteiger partial charge is 0.354 e. The zero-order valence-electron chi connectivity index (χ0n) is 21.0. The molecule has 0 unspecified atom stereocenters. The van der Waals surface area contributed by atoms with Crippen molar-refractivity contribution in [3.63, 3.8) is 0 Å². The molecule has 0 aliphatic carbocycles. The van der Waals surface area contributed by atoms with E-state index in [-0.39, 0.29) is 28.6 Å². The molecule has 6 rings (SSSR count). The average Bonchev–Trinajstić information content (AvgIpc) is 3.37. The monoisotopic (exact) mass is 525 g/mol. The summed E-state index contributed by atoms with van der Waals surface area (Å²) in [7, 11) is 0. The number of carboxylic acid groups (broad SMARTS) is 1. The first-order valence-electron chi connectivity index (χ1n) is 12.6. The Morgan fingerprint density at radius 3 is 2.79 bits per heavy atom. The maximum absolute atomic E-state index is 15.7. The lowest BCUT2D eigenvalue weighted by molar-refractivity contribution is 0.0690. The maximum atomic E-state index is 15.7. The van der Waals surface area contributed by atoms with Gasteiger partial charge in [-0.15, -0.1) is 5.10 Å². The highest BCUT2D eigenvalue weighted by Crippen LogP contribution is 2.32. The Kier molecular flexibility index (Phi) is 6.20. The number of halogens is 1. The van der Waals surface area contributed by atoms with Crippen molar-refractivity contribution in [1.82, 2.24) is 30.3 Å². The fourth-order valence-electron chi connectivity index (χ4n) is 5.10. The van der Waals surface area contributed by atoms with Crippen LogP contribution in [0.4, 0.5) is 10.2 Å². The molecule has 3 aromatic heterocycles. The molecule has 0 radical (unpaired) electrons. The topological polar surface area (TPSA) is 126 Å². The first-order chi connectivity index (χ1) is 18.9. The Balaban J connectivity index is 1.43. The Morgan fingerprint density at radius 1 is 1.15 bits per heavy atom. The van der Waals surface area contributed by atoms with Gasteiger partial charge in [-0.2, -0.15) is 4.68 Å². The number of benzene rings is 2. The molecule has 10 nitrogen and oxygen atoms in total. The highest BCUT2D eigenvalue weighted by Gasteiger charge is 2.32. The van der Waals surface area contributed by atoms with Gasteiger partial charge in [0.05, 0.1) is 17.3 Å². The number of fused-ring (bicyclic) bond motifs is 2. The van der Waals surface area contributed by atoms with Crippen molar-refractivity contribution in [2.45, 2.75) is 25.8 Å². The number of carbonyl (C=O) groups is 2. The predicted octanol–water partition coefficient (Wildman–Crippen LogP) is 3.91. The summed E-state index contributed by atoms with van der Waals surface area (Å²) in [5.74, 6) is -1.95. The standard InChI is InChI=1S/C28H24FN7O3/c1-16-4-2-5-17-11-13-31-26(24(16)17)35(19-6-3-12-30-15-19)27(37)20-8-7-18(14-21(20)29)36-25-22(33-34-36)9-10-23(32-25)28(38)39/h2,4-5,7-11,13-14,19,30H,3,6,12,15H2,1H3,(H,38,39)/t19-/m1/s1. The third-order valence-corrected chi connectivity index (χ3v) is 7.01. The van der Waals surface area contributed by atoms with Crippen molar-refractivity contribution in [3.05, 3.63) is 83.4 Å². The van der Waals surface area contributed by atoms with Gasteiger partial charge in [0.15, 0.2) is 11.3 Å². The number of amides is 1. The number of aromatic carboxylic acids is 1. The first kappa shape index (κ1) is 24.6. The highest BCUT2D eigenvalue weighted by molar-refractivity contribution is 6.11. The number of nitrogens with zero attached hydrogens (tertiary/aromatic N) is 6. The summed E-state index contributed by atoms with van der Waals surface area (Å²) >= 11 is 0. The van der Waals surface area contributed by atoms with Crippen LogP contribution in [0.25, 0.3) is 27.6 Å². The molecule has 1 aliphatic heterocycles. The molecule has 1 saturated heterocycles. The number of anilines is 1. The number of piperidine rings is 1. The van der Waals surface area contributed by atoms with E-state index in [9.17, 15) is 14.7 Å². The minimum Gasteiger partial charge on any atom is -0.477 e. The van der Waals surface area contributed by atoms with E-state index in [0.29, 0.717) is 17.9 Å². The van der Waals surface area contributed by atoms with Crippen molar-refractivity contribution in [1.29, 1.82) is 0 Å². The van der Waals surface area contributed by atoms with Gasteiger partial charge in [0.25, 0.3) is 5.91 Å². The van der Waals surface area contributed by atoms with Gasteiger partial charge in [-0.05, 0) is 67.6 Å². The van der Waals surface area contributed by atoms with Crippen LogP contribution in [-0.4, -0.2) is 61.1 Å². The fourth-order valence-corrected chi connectivity index (χ4v) is 5.10. The highest BCUT2D eigenvalue weighted by atomic mass is 19.1. The van der Waals surface area contributed by atoms with E-state index in [1.54, 1.807) is 17.2 Å². The van der Waals surface area contributed by atoms with Crippen LogP contribution in [0, 0.1) is 12.7 Å². The second-order valence-corrected chi connectivity index (χ2v) is 9.49.